The van der Waals surface area contributed by atoms with Gasteiger partial charge in [0.25, 0.3) is 5.91 Å². The molecular formula is C14H10ClNO4. The van der Waals surface area contributed by atoms with E-state index < -0.39 is 11.9 Å². The van der Waals surface area contributed by atoms with Gasteiger partial charge in [0.2, 0.25) is 0 Å². The molecule has 0 unspecified atom stereocenters. The number of halogens is 1. The maximum atomic E-state index is 12.0. The van der Waals surface area contributed by atoms with Crippen molar-refractivity contribution in [3.8, 4) is 5.75 Å². The quantitative estimate of drug-likeness (QED) is 0.811. The number of aromatic hydroxyl groups is 1. The van der Waals surface area contributed by atoms with E-state index in [-0.39, 0.29) is 22.0 Å². The molecule has 0 aliphatic heterocycles. The Hall–Kier alpha value is -2.53. The molecule has 0 bridgehead atoms. The van der Waals surface area contributed by atoms with Gasteiger partial charge in [0, 0.05) is 5.56 Å². The van der Waals surface area contributed by atoms with Crippen molar-refractivity contribution < 1.29 is 19.8 Å². The Bertz CT molecular complexity index is 667. The van der Waals surface area contributed by atoms with Crippen molar-refractivity contribution in [1.29, 1.82) is 0 Å². The highest BCUT2D eigenvalue weighted by atomic mass is 35.5. The van der Waals surface area contributed by atoms with Gasteiger partial charge in [0.15, 0.2) is 0 Å². The Morgan fingerprint density at radius 2 is 1.70 bits per heavy atom. The lowest BCUT2D eigenvalue weighted by atomic mass is 10.1. The molecule has 2 aromatic carbocycles. The smallest absolute Gasteiger partial charge is 0.339 e. The minimum atomic E-state index is -1.23. The molecule has 0 aromatic heterocycles. The van der Waals surface area contributed by atoms with Crippen LogP contribution >= 0.6 is 11.6 Å². The van der Waals surface area contributed by atoms with Gasteiger partial charge in [0.05, 0.1) is 10.7 Å². The third-order valence-corrected chi connectivity index (χ3v) is 2.92. The molecule has 2 rings (SSSR count). The summed E-state index contributed by atoms with van der Waals surface area (Å²) in [5, 5.41) is 20.8. The first-order valence-corrected chi connectivity index (χ1v) is 5.99. The SMILES string of the molecule is O=C(Nc1cccc(Cl)c1C(=O)O)c1ccc(O)cc1. The molecule has 0 heterocycles. The number of phenolic OH excluding ortho intramolecular Hbond substituents is 1. The molecule has 0 saturated carbocycles. The van der Waals surface area contributed by atoms with Crippen LogP contribution in [0.3, 0.4) is 0 Å². The molecule has 0 spiro atoms. The second-order valence-corrected chi connectivity index (χ2v) is 4.38. The number of carbonyl (C=O) groups excluding carboxylic acids is 1. The highest BCUT2D eigenvalue weighted by Gasteiger charge is 2.16. The van der Waals surface area contributed by atoms with E-state index in [2.05, 4.69) is 5.32 Å². The van der Waals surface area contributed by atoms with E-state index in [1.54, 1.807) is 6.07 Å². The fourth-order valence-corrected chi connectivity index (χ4v) is 1.91. The summed E-state index contributed by atoms with van der Waals surface area (Å²) in [6.07, 6.45) is 0. The third kappa shape index (κ3) is 2.89. The van der Waals surface area contributed by atoms with Gasteiger partial charge in [-0.25, -0.2) is 4.79 Å². The van der Waals surface area contributed by atoms with Gasteiger partial charge in [-0.15, -0.1) is 0 Å². The van der Waals surface area contributed by atoms with E-state index in [0.29, 0.717) is 5.56 Å². The van der Waals surface area contributed by atoms with E-state index in [1.807, 2.05) is 0 Å². The van der Waals surface area contributed by atoms with Crippen molar-refractivity contribution >= 4 is 29.2 Å². The zero-order valence-electron chi connectivity index (χ0n) is 10.1. The van der Waals surface area contributed by atoms with E-state index in [1.165, 1.54) is 36.4 Å². The minimum Gasteiger partial charge on any atom is -0.508 e. The second-order valence-electron chi connectivity index (χ2n) is 3.97. The summed E-state index contributed by atoms with van der Waals surface area (Å²) >= 11 is 5.81. The lowest BCUT2D eigenvalue weighted by Gasteiger charge is -2.09. The molecule has 0 fully saturated rings. The Balaban J connectivity index is 2.30. The molecule has 6 heteroatoms. The van der Waals surface area contributed by atoms with Crippen molar-refractivity contribution in [2.75, 3.05) is 5.32 Å². The van der Waals surface area contributed by atoms with Crippen LogP contribution in [0, 0.1) is 0 Å². The largest absolute Gasteiger partial charge is 0.508 e. The number of nitrogens with one attached hydrogen (secondary N) is 1. The van der Waals surface area contributed by atoms with Gasteiger partial charge < -0.3 is 15.5 Å². The standard InChI is InChI=1S/C14H10ClNO4/c15-10-2-1-3-11(12(10)14(19)20)16-13(18)8-4-6-9(17)7-5-8/h1-7,17H,(H,16,18)(H,19,20). The van der Waals surface area contributed by atoms with Gasteiger partial charge in [0.1, 0.15) is 11.3 Å². The molecule has 1 amide bonds. The Morgan fingerprint density at radius 1 is 1.05 bits per heavy atom. The number of hydrogen-bond acceptors (Lipinski definition) is 3. The van der Waals surface area contributed by atoms with E-state index >= 15 is 0 Å². The maximum Gasteiger partial charge on any atom is 0.339 e. The van der Waals surface area contributed by atoms with Crippen LogP contribution in [0.4, 0.5) is 5.69 Å². The first-order chi connectivity index (χ1) is 9.49. The van der Waals surface area contributed by atoms with Crippen LogP contribution in [0.2, 0.25) is 5.02 Å². The fourth-order valence-electron chi connectivity index (χ4n) is 1.65. The van der Waals surface area contributed by atoms with Crippen molar-refractivity contribution in [2.24, 2.45) is 0 Å². The zero-order valence-corrected chi connectivity index (χ0v) is 10.9. The molecule has 2 aromatic rings. The highest BCUT2D eigenvalue weighted by Crippen LogP contribution is 2.25. The summed E-state index contributed by atoms with van der Waals surface area (Å²) in [5.74, 6) is -1.68. The molecule has 0 radical (unpaired) electrons. The third-order valence-electron chi connectivity index (χ3n) is 2.61. The minimum absolute atomic E-state index is 0.0375. The zero-order chi connectivity index (χ0) is 14.7. The summed E-state index contributed by atoms with van der Waals surface area (Å²) < 4.78 is 0. The Labute approximate surface area is 119 Å². The lowest BCUT2D eigenvalue weighted by Crippen LogP contribution is -2.15. The number of phenols is 1. The molecule has 0 aliphatic carbocycles. The van der Waals surface area contributed by atoms with Crippen LogP contribution in [-0.2, 0) is 0 Å². The van der Waals surface area contributed by atoms with Crippen LogP contribution in [0.5, 0.6) is 5.75 Å². The van der Waals surface area contributed by atoms with Gasteiger partial charge in [-0.1, -0.05) is 17.7 Å². The first kappa shape index (κ1) is 13.9. The average Bonchev–Trinajstić information content (AvgIpc) is 2.39. The number of benzene rings is 2. The number of rotatable bonds is 3. The van der Waals surface area contributed by atoms with Crippen molar-refractivity contribution in [3.63, 3.8) is 0 Å². The van der Waals surface area contributed by atoms with Crippen LogP contribution in [0.25, 0.3) is 0 Å². The molecule has 0 atom stereocenters. The predicted molar refractivity (Wildman–Crippen MR) is 74.5 cm³/mol. The highest BCUT2D eigenvalue weighted by molar-refractivity contribution is 6.34. The van der Waals surface area contributed by atoms with Crippen molar-refractivity contribution in [2.45, 2.75) is 0 Å². The normalized spacial score (nSPS) is 10.1. The number of amides is 1. The molecule has 0 aliphatic rings. The fraction of sp³-hybridized carbons (Fsp3) is 0. The van der Waals surface area contributed by atoms with Gasteiger partial charge in [-0.3, -0.25) is 4.79 Å². The molecule has 3 N–H and O–H groups in total. The number of anilines is 1. The van der Waals surface area contributed by atoms with Crippen LogP contribution in [-0.4, -0.2) is 22.1 Å². The van der Waals surface area contributed by atoms with Crippen LogP contribution < -0.4 is 5.32 Å². The van der Waals surface area contributed by atoms with Crippen molar-refractivity contribution in [3.05, 3.63) is 58.6 Å². The van der Waals surface area contributed by atoms with E-state index in [0.717, 1.165) is 0 Å². The van der Waals surface area contributed by atoms with Crippen LogP contribution in [0.1, 0.15) is 20.7 Å². The van der Waals surface area contributed by atoms with E-state index in [4.69, 9.17) is 21.8 Å². The van der Waals surface area contributed by atoms with Gasteiger partial charge in [-0.05, 0) is 36.4 Å². The summed E-state index contributed by atoms with van der Waals surface area (Å²) in [6, 6.07) is 10.0. The Morgan fingerprint density at radius 3 is 2.30 bits per heavy atom. The number of hydrogen-bond donors (Lipinski definition) is 3. The monoisotopic (exact) mass is 291 g/mol. The number of carbonyl (C=O) groups is 2. The van der Waals surface area contributed by atoms with Crippen molar-refractivity contribution in [1.82, 2.24) is 0 Å². The number of aromatic carboxylic acids is 1. The topological polar surface area (TPSA) is 86.6 Å². The number of carboxylic acids is 1. The maximum absolute atomic E-state index is 12.0. The van der Waals surface area contributed by atoms with Gasteiger partial charge in [-0.2, -0.15) is 0 Å². The molecule has 20 heavy (non-hydrogen) atoms. The number of carboxylic acid groups (broad SMARTS) is 1. The summed E-state index contributed by atoms with van der Waals surface area (Å²) in [5.41, 5.74) is 0.239. The average molecular weight is 292 g/mol. The van der Waals surface area contributed by atoms with E-state index in [9.17, 15) is 9.59 Å². The van der Waals surface area contributed by atoms with Crippen LogP contribution in [0.15, 0.2) is 42.5 Å². The molecule has 102 valence electrons. The van der Waals surface area contributed by atoms with Gasteiger partial charge >= 0.3 is 5.97 Å². The molecular weight excluding hydrogens is 282 g/mol. The Kier molecular flexibility index (Phi) is 3.91. The lowest BCUT2D eigenvalue weighted by molar-refractivity contribution is 0.0698. The molecule has 5 nitrogen and oxygen atoms in total. The second kappa shape index (κ2) is 5.63. The summed E-state index contributed by atoms with van der Waals surface area (Å²) in [6.45, 7) is 0. The molecule has 0 saturated heterocycles. The predicted octanol–water partition coefficient (Wildman–Crippen LogP) is 3.00. The first-order valence-electron chi connectivity index (χ1n) is 5.61. The summed E-state index contributed by atoms with van der Waals surface area (Å²) in [4.78, 5) is 23.1. The summed E-state index contributed by atoms with van der Waals surface area (Å²) in [7, 11) is 0.